The smallest absolute Gasteiger partial charge is 0.0540 e. The maximum Gasteiger partial charge on any atom is 0.0540 e. The van der Waals surface area contributed by atoms with E-state index in [4.69, 9.17) is 0 Å². The summed E-state index contributed by atoms with van der Waals surface area (Å²) in [5.74, 6) is 0. The van der Waals surface area contributed by atoms with E-state index < -0.39 is 0 Å². The Bertz CT molecular complexity index is 2280. The molecule has 2 heteroatoms. The second-order valence-corrected chi connectivity index (χ2v) is 11.5. The third-order valence-electron chi connectivity index (χ3n) is 8.75. The van der Waals surface area contributed by atoms with Crippen molar-refractivity contribution in [1.82, 2.24) is 0 Å². The number of hydrogen-bond acceptors (Lipinski definition) is 2. The number of benzene rings is 7. The minimum atomic E-state index is 0.994. The predicted octanol–water partition coefficient (Wildman–Crippen LogP) is 12.4. The van der Waals surface area contributed by atoms with Gasteiger partial charge in [-0.25, -0.2) is 0 Å². The minimum Gasteiger partial charge on any atom is -0.316 e. The highest BCUT2D eigenvalue weighted by atomic mass is 15.1. The maximum atomic E-state index is 4.34. The van der Waals surface area contributed by atoms with Gasteiger partial charge in [0.15, 0.2) is 0 Å². The van der Waals surface area contributed by atoms with Gasteiger partial charge in [0, 0.05) is 33.9 Å². The van der Waals surface area contributed by atoms with Crippen LogP contribution in [0.4, 0.5) is 28.4 Å². The molecule has 7 aromatic carbocycles. The van der Waals surface area contributed by atoms with Crippen molar-refractivity contribution < 1.29 is 0 Å². The molecule has 0 radical (unpaired) electrons. The molecular formula is C44H32N2. The molecule has 218 valence electrons. The van der Waals surface area contributed by atoms with Gasteiger partial charge in [-0.2, -0.15) is 0 Å². The normalized spacial score (nSPS) is 14.0. The van der Waals surface area contributed by atoms with Gasteiger partial charge in [-0.1, -0.05) is 128 Å². The van der Waals surface area contributed by atoms with Gasteiger partial charge >= 0.3 is 0 Å². The zero-order chi connectivity index (χ0) is 30.9. The average Bonchev–Trinajstić information content (AvgIpc) is 3.11. The van der Waals surface area contributed by atoms with Gasteiger partial charge < -0.3 is 9.80 Å². The Balaban J connectivity index is 1.26. The van der Waals surface area contributed by atoms with Gasteiger partial charge in [0.1, 0.15) is 0 Å². The first-order valence-electron chi connectivity index (χ1n) is 15.6. The lowest BCUT2D eigenvalue weighted by Gasteiger charge is -2.29. The Kier molecular flexibility index (Phi) is 7.01. The highest BCUT2D eigenvalue weighted by Gasteiger charge is 2.19. The van der Waals surface area contributed by atoms with Gasteiger partial charge in [-0.15, -0.1) is 0 Å². The van der Waals surface area contributed by atoms with Crippen molar-refractivity contribution in [3.05, 3.63) is 194 Å². The molecule has 0 amide bonds. The van der Waals surface area contributed by atoms with Crippen molar-refractivity contribution >= 4 is 55.6 Å². The number of anilines is 5. The van der Waals surface area contributed by atoms with Crippen LogP contribution in [0, 0.1) is 0 Å². The van der Waals surface area contributed by atoms with Gasteiger partial charge in [-0.3, -0.25) is 0 Å². The average molecular weight is 589 g/mol. The van der Waals surface area contributed by atoms with E-state index in [-0.39, 0.29) is 0 Å². The highest BCUT2D eigenvalue weighted by molar-refractivity contribution is 6.06. The number of nitrogens with zero attached hydrogens (tertiary/aromatic N) is 2. The summed E-state index contributed by atoms with van der Waals surface area (Å²) in [6.07, 6.45) is 8.35. The number of rotatable bonds is 5. The molecule has 1 aliphatic rings. The fourth-order valence-electron chi connectivity index (χ4n) is 6.50. The summed E-state index contributed by atoms with van der Waals surface area (Å²) in [7, 11) is 0. The van der Waals surface area contributed by atoms with Crippen molar-refractivity contribution in [2.75, 3.05) is 9.80 Å². The molecular weight excluding hydrogens is 556 g/mol. The molecule has 2 nitrogen and oxygen atoms in total. The van der Waals surface area contributed by atoms with E-state index in [2.05, 4.69) is 199 Å². The largest absolute Gasteiger partial charge is 0.316 e. The molecule has 0 unspecified atom stereocenters. The summed E-state index contributed by atoms with van der Waals surface area (Å²) in [6, 6.07) is 56.4. The zero-order valence-electron chi connectivity index (χ0n) is 25.4. The van der Waals surface area contributed by atoms with Crippen molar-refractivity contribution in [2.45, 2.75) is 0 Å². The van der Waals surface area contributed by atoms with Crippen LogP contribution in [0.25, 0.3) is 38.2 Å². The van der Waals surface area contributed by atoms with Crippen molar-refractivity contribution in [3.63, 3.8) is 0 Å². The number of para-hydroxylation sites is 2. The zero-order valence-corrected chi connectivity index (χ0v) is 25.4. The number of hydrogen-bond donors (Lipinski definition) is 0. The first kappa shape index (κ1) is 27.4. The van der Waals surface area contributed by atoms with Gasteiger partial charge in [0.2, 0.25) is 0 Å². The van der Waals surface area contributed by atoms with E-state index >= 15 is 0 Å². The van der Waals surface area contributed by atoms with Crippen LogP contribution in [-0.2, 0) is 0 Å². The highest BCUT2D eigenvalue weighted by Crippen LogP contribution is 2.43. The molecule has 0 saturated carbocycles. The lowest BCUT2D eigenvalue weighted by atomic mass is 9.99. The van der Waals surface area contributed by atoms with Gasteiger partial charge in [-0.05, 0) is 82.1 Å². The second kappa shape index (κ2) is 11.8. The van der Waals surface area contributed by atoms with E-state index in [0.29, 0.717) is 0 Å². The van der Waals surface area contributed by atoms with Crippen LogP contribution in [-0.4, -0.2) is 0 Å². The predicted molar refractivity (Wildman–Crippen MR) is 197 cm³/mol. The topological polar surface area (TPSA) is 6.48 Å². The van der Waals surface area contributed by atoms with Crippen molar-refractivity contribution in [1.29, 1.82) is 0 Å². The first-order valence-corrected chi connectivity index (χ1v) is 15.6. The van der Waals surface area contributed by atoms with E-state index in [0.717, 1.165) is 39.6 Å². The molecule has 0 saturated heterocycles. The van der Waals surface area contributed by atoms with Crippen LogP contribution < -0.4 is 9.80 Å². The molecule has 1 heterocycles. The summed E-state index contributed by atoms with van der Waals surface area (Å²) in [6.45, 7) is 4.34. The Hall–Kier alpha value is -6.12. The summed E-state index contributed by atoms with van der Waals surface area (Å²) >= 11 is 0. The Morgan fingerprint density at radius 1 is 0.478 bits per heavy atom. The summed E-state index contributed by atoms with van der Waals surface area (Å²) in [5, 5.41) is 4.84. The van der Waals surface area contributed by atoms with Crippen LogP contribution >= 0.6 is 0 Å². The molecule has 8 rings (SSSR count). The Labute approximate surface area is 270 Å². The summed E-state index contributed by atoms with van der Waals surface area (Å²) in [4.78, 5) is 4.64. The first-order chi connectivity index (χ1) is 22.7. The lowest BCUT2D eigenvalue weighted by molar-refractivity contribution is 1.27. The molecule has 0 fully saturated rings. The maximum absolute atomic E-state index is 4.34. The summed E-state index contributed by atoms with van der Waals surface area (Å²) in [5.41, 5.74) is 10.1. The van der Waals surface area contributed by atoms with Gasteiger partial charge in [0.25, 0.3) is 0 Å². The fourth-order valence-corrected chi connectivity index (χ4v) is 6.50. The third-order valence-corrected chi connectivity index (χ3v) is 8.75. The molecule has 0 atom stereocenters. The molecule has 46 heavy (non-hydrogen) atoms. The van der Waals surface area contributed by atoms with Crippen LogP contribution in [0.2, 0.25) is 0 Å². The minimum absolute atomic E-state index is 0.994. The van der Waals surface area contributed by atoms with Crippen LogP contribution in [0.3, 0.4) is 0 Å². The standard InChI is InChI=1S/C44H32N2/c1-32-13-9-10-30-45(42-21-8-7-18-39(32)42)43-22-11-20-41-40(43)19-12-23-44(41)46(37-16-3-2-4-17-37)38-28-26-34(27-29-38)36-25-24-33-14-5-6-15-35(33)31-36/h2-31H,1H2/b13-9-,30-10-. The summed E-state index contributed by atoms with van der Waals surface area (Å²) < 4.78 is 0. The number of fused-ring (bicyclic) bond motifs is 3. The third kappa shape index (κ3) is 4.96. The second-order valence-electron chi connectivity index (χ2n) is 11.5. The van der Waals surface area contributed by atoms with Gasteiger partial charge in [0.05, 0.1) is 17.1 Å². The molecule has 1 aliphatic heterocycles. The molecule has 0 spiro atoms. The molecule has 0 aliphatic carbocycles. The monoisotopic (exact) mass is 588 g/mol. The fraction of sp³-hybridized carbons (Fsp3) is 0. The van der Waals surface area contributed by atoms with E-state index in [1.807, 2.05) is 0 Å². The molecule has 0 bridgehead atoms. The van der Waals surface area contributed by atoms with Crippen LogP contribution in [0.15, 0.2) is 189 Å². The number of allylic oxidation sites excluding steroid dienone is 4. The van der Waals surface area contributed by atoms with E-state index in [1.54, 1.807) is 0 Å². The lowest BCUT2D eigenvalue weighted by Crippen LogP contribution is -2.13. The SMILES string of the molecule is C=C1/C=C\C=C/N(c2cccc3c(N(c4ccccc4)c4ccc(-c5ccc6ccccc6c5)cc4)cccc23)c2ccccc21. The van der Waals surface area contributed by atoms with Crippen LogP contribution in [0.1, 0.15) is 5.56 Å². The van der Waals surface area contributed by atoms with Crippen LogP contribution in [0.5, 0.6) is 0 Å². The molecule has 0 aromatic heterocycles. The van der Waals surface area contributed by atoms with Crippen molar-refractivity contribution in [3.8, 4) is 11.1 Å². The Morgan fingerprint density at radius 2 is 1.15 bits per heavy atom. The molecule has 7 aromatic rings. The Morgan fingerprint density at radius 3 is 2.02 bits per heavy atom. The van der Waals surface area contributed by atoms with E-state index in [1.165, 1.54) is 32.7 Å². The van der Waals surface area contributed by atoms with Crippen molar-refractivity contribution in [2.24, 2.45) is 0 Å². The quantitative estimate of drug-likeness (QED) is 0.197. The van der Waals surface area contributed by atoms with E-state index in [9.17, 15) is 0 Å². The molecule has 0 N–H and O–H groups in total.